The highest BCUT2D eigenvalue weighted by molar-refractivity contribution is 5.66. The van der Waals surface area contributed by atoms with E-state index in [1.807, 2.05) is 6.92 Å². The van der Waals surface area contributed by atoms with Gasteiger partial charge in [0, 0.05) is 6.42 Å². The van der Waals surface area contributed by atoms with Gasteiger partial charge in [0.2, 0.25) is 0 Å². The van der Waals surface area contributed by atoms with Gasteiger partial charge in [0.15, 0.2) is 0 Å². The van der Waals surface area contributed by atoms with Crippen LogP contribution in [-0.4, -0.2) is 21.3 Å². The Kier molecular flexibility index (Phi) is 6.51. The first-order valence-corrected chi connectivity index (χ1v) is 11.8. The number of benzene rings is 1. The van der Waals surface area contributed by atoms with Gasteiger partial charge in [-0.25, -0.2) is 0 Å². The zero-order valence-electron chi connectivity index (χ0n) is 20.1. The third-order valence-electron chi connectivity index (χ3n) is 8.98. The summed E-state index contributed by atoms with van der Waals surface area (Å²) in [6.45, 7) is 13.3. The van der Waals surface area contributed by atoms with E-state index in [4.69, 9.17) is 0 Å². The molecule has 2 aliphatic carbocycles. The van der Waals surface area contributed by atoms with Crippen LogP contribution in [0.3, 0.4) is 0 Å². The van der Waals surface area contributed by atoms with Crippen molar-refractivity contribution in [2.24, 2.45) is 28.6 Å². The minimum Gasteiger partial charge on any atom is -0.508 e. The Morgan fingerprint density at radius 1 is 1.16 bits per heavy atom. The average molecular weight is 429 g/mol. The topological polar surface area (TPSA) is 77.8 Å². The molecule has 5 atom stereocenters. The van der Waals surface area contributed by atoms with E-state index in [-0.39, 0.29) is 23.0 Å². The lowest BCUT2D eigenvalue weighted by atomic mass is 9.43. The quantitative estimate of drug-likeness (QED) is 0.364. The Morgan fingerprint density at radius 3 is 2.45 bits per heavy atom. The molecule has 0 saturated heterocycles. The van der Waals surface area contributed by atoms with Crippen LogP contribution < -0.4 is 0 Å². The van der Waals surface area contributed by atoms with Crippen LogP contribution in [0.25, 0.3) is 0 Å². The van der Waals surface area contributed by atoms with Crippen LogP contribution in [0.4, 0.5) is 0 Å². The van der Waals surface area contributed by atoms with Gasteiger partial charge >= 0.3 is 5.97 Å². The normalized spacial score (nSPS) is 33.1. The zero-order chi connectivity index (χ0) is 23.1. The Hall–Kier alpha value is -1.97. The highest BCUT2D eigenvalue weighted by Crippen LogP contribution is 2.65. The highest BCUT2D eigenvalue weighted by atomic mass is 16.4. The van der Waals surface area contributed by atoms with Gasteiger partial charge in [-0.05, 0) is 111 Å². The zero-order valence-corrected chi connectivity index (χ0v) is 20.1. The molecule has 2 saturated carbocycles. The lowest BCUT2D eigenvalue weighted by Gasteiger charge is -2.61. The molecule has 0 radical (unpaired) electrons. The van der Waals surface area contributed by atoms with E-state index in [1.54, 1.807) is 12.1 Å². The number of aliphatic carboxylic acids is 1. The number of allylic oxidation sites excluding steroid dienone is 2. The molecule has 4 heteroatoms. The highest BCUT2D eigenvalue weighted by Gasteiger charge is 2.57. The molecular formula is C27H40O4. The summed E-state index contributed by atoms with van der Waals surface area (Å²) in [4.78, 5) is 11.4. The fraction of sp³-hybridized carbons (Fsp3) is 0.667. The fourth-order valence-corrected chi connectivity index (χ4v) is 7.12. The van der Waals surface area contributed by atoms with E-state index in [2.05, 4.69) is 34.6 Å². The SMILES string of the molecule is CC(C)=C1CC[C@H]2[C@@](C)(CC[C@H](C)[C@]2(C)Cc2cc(O)cc(C)c2O)[C@@H]1CCC(=O)O. The minimum atomic E-state index is -0.717. The van der Waals surface area contributed by atoms with Crippen molar-refractivity contribution in [1.29, 1.82) is 0 Å². The van der Waals surface area contributed by atoms with Gasteiger partial charge < -0.3 is 15.3 Å². The Bertz CT molecular complexity index is 881. The number of carbonyl (C=O) groups is 1. The van der Waals surface area contributed by atoms with Crippen LogP contribution in [0, 0.1) is 35.5 Å². The van der Waals surface area contributed by atoms with E-state index < -0.39 is 5.97 Å². The number of fused-ring (bicyclic) bond motifs is 1. The van der Waals surface area contributed by atoms with Gasteiger partial charge in [-0.3, -0.25) is 4.79 Å². The van der Waals surface area contributed by atoms with Gasteiger partial charge in [-0.2, -0.15) is 0 Å². The Morgan fingerprint density at radius 2 is 1.84 bits per heavy atom. The third-order valence-corrected chi connectivity index (χ3v) is 8.98. The fourth-order valence-electron chi connectivity index (χ4n) is 7.12. The van der Waals surface area contributed by atoms with Crippen LogP contribution >= 0.6 is 0 Å². The Balaban J connectivity index is 2.04. The van der Waals surface area contributed by atoms with Crippen LogP contribution in [0.1, 0.15) is 84.3 Å². The predicted molar refractivity (Wildman–Crippen MR) is 124 cm³/mol. The molecule has 3 rings (SSSR count). The summed E-state index contributed by atoms with van der Waals surface area (Å²) in [6.07, 6.45) is 5.97. The number of carboxylic acids is 1. The van der Waals surface area contributed by atoms with E-state index in [1.165, 1.54) is 11.1 Å². The van der Waals surface area contributed by atoms with E-state index in [9.17, 15) is 20.1 Å². The van der Waals surface area contributed by atoms with E-state index >= 15 is 0 Å². The molecule has 31 heavy (non-hydrogen) atoms. The minimum absolute atomic E-state index is 0.0284. The van der Waals surface area contributed by atoms with Crippen molar-refractivity contribution in [3.05, 3.63) is 34.4 Å². The molecule has 0 heterocycles. The first kappa shape index (κ1) is 23.7. The van der Waals surface area contributed by atoms with Crippen LogP contribution in [-0.2, 0) is 11.2 Å². The van der Waals surface area contributed by atoms with Gasteiger partial charge in [-0.1, -0.05) is 31.9 Å². The van der Waals surface area contributed by atoms with Gasteiger partial charge in [-0.15, -0.1) is 0 Å². The number of aryl methyl sites for hydroxylation is 1. The largest absolute Gasteiger partial charge is 0.508 e. The second-order valence-electron chi connectivity index (χ2n) is 11.0. The Labute approximate surface area is 187 Å². The molecule has 0 amide bonds. The lowest BCUT2D eigenvalue weighted by Crippen LogP contribution is -2.54. The van der Waals surface area contributed by atoms with Crippen molar-refractivity contribution >= 4 is 5.97 Å². The standard InChI is InChI=1S/C27H40O4/c1-16(2)21-7-9-23-26(5,22(21)8-10-24(29)30)12-11-18(4)27(23,6)15-19-14-20(28)13-17(3)25(19)31/h13-14,18,22-23,28,31H,7-12,15H2,1-6H3,(H,29,30)/t18-,22+,23-,26-,27-/m0/s1. The maximum absolute atomic E-state index is 11.4. The van der Waals surface area contributed by atoms with Crippen molar-refractivity contribution in [3.63, 3.8) is 0 Å². The molecule has 0 unspecified atom stereocenters. The molecule has 0 spiro atoms. The number of aromatic hydroxyl groups is 2. The van der Waals surface area contributed by atoms with Crippen molar-refractivity contribution < 1.29 is 20.1 Å². The van der Waals surface area contributed by atoms with Crippen molar-refractivity contribution in [1.82, 2.24) is 0 Å². The monoisotopic (exact) mass is 428 g/mol. The smallest absolute Gasteiger partial charge is 0.303 e. The number of phenols is 2. The van der Waals surface area contributed by atoms with Crippen LogP contribution in [0.2, 0.25) is 0 Å². The molecule has 1 aromatic carbocycles. The van der Waals surface area contributed by atoms with E-state index in [0.29, 0.717) is 35.5 Å². The molecule has 0 aromatic heterocycles. The van der Waals surface area contributed by atoms with Gasteiger partial charge in [0.1, 0.15) is 11.5 Å². The number of carboxylic acid groups (broad SMARTS) is 1. The van der Waals surface area contributed by atoms with Crippen LogP contribution in [0.5, 0.6) is 11.5 Å². The first-order chi connectivity index (χ1) is 14.4. The summed E-state index contributed by atoms with van der Waals surface area (Å²) in [5.41, 5.74) is 4.36. The number of rotatable bonds is 5. The van der Waals surface area contributed by atoms with Crippen molar-refractivity contribution in [2.45, 2.75) is 86.5 Å². The maximum Gasteiger partial charge on any atom is 0.303 e. The molecule has 4 nitrogen and oxygen atoms in total. The second kappa shape index (κ2) is 8.52. The summed E-state index contributed by atoms with van der Waals surface area (Å²) in [5, 5.41) is 30.3. The second-order valence-corrected chi connectivity index (χ2v) is 11.0. The average Bonchev–Trinajstić information content (AvgIpc) is 2.67. The van der Waals surface area contributed by atoms with Gasteiger partial charge in [0.05, 0.1) is 0 Å². The molecule has 2 aliphatic rings. The molecule has 1 aromatic rings. The summed E-state index contributed by atoms with van der Waals surface area (Å²) < 4.78 is 0. The number of hydrogen-bond acceptors (Lipinski definition) is 3. The van der Waals surface area contributed by atoms with Crippen molar-refractivity contribution in [2.75, 3.05) is 0 Å². The number of hydrogen-bond donors (Lipinski definition) is 3. The van der Waals surface area contributed by atoms with Crippen molar-refractivity contribution in [3.8, 4) is 11.5 Å². The molecule has 0 aliphatic heterocycles. The molecule has 2 fully saturated rings. The maximum atomic E-state index is 11.4. The summed E-state index contributed by atoms with van der Waals surface area (Å²) >= 11 is 0. The summed E-state index contributed by atoms with van der Waals surface area (Å²) in [5.74, 6) is 0.995. The molecular weight excluding hydrogens is 388 g/mol. The lowest BCUT2D eigenvalue weighted by molar-refractivity contribution is -0.138. The van der Waals surface area contributed by atoms with Gasteiger partial charge in [0.25, 0.3) is 0 Å². The first-order valence-electron chi connectivity index (χ1n) is 11.8. The number of phenolic OH excluding ortho intramolecular Hbond substituents is 2. The predicted octanol–water partition coefficient (Wildman–Crippen LogP) is 6.62. The molecule has 0 bridgehead atoms. The molecule has 3 N–H and O–H groups in total. The summed E-state index contributed by atoms with van der Waals surface area (Å²) in [7, 11) is 0. The van der Waals surface area contributed by atoms with E-state index in [0.717, 1.165) is 37.7 Å². The third kappa shape index (κ3) is 4.23. The summed E-state index contributed by atoms with van der Waals surface area (Å²) in [6, 6.07) is 3.33. The molecule has 172 valence electrons. The van der Waals surface area contributed by atoms with Crippen LogP contribution in [0.15, 0.2) is 23.3 Å².